The highest BCUT2D eigenvalue weighted by molar-refractivity contribution is 7.89. The number of alkyl carbamates (subject to hydrolysis) is 1. The summed E-state index contributed by atoms with van der Waals surface area (Å²) in [6, 6.07) is 10.4. The minimum absolute atomic E-state index is 0.00503. The van der Waals surface area contributed by atoms with E-state index in [1.165, 1.54) is 10.8 Å². The van der Waals surface area contributed by atoms with Crippen LogP contribution in [-0.2, 0) is 26.2 Å². The van der Waals surface area contributed by atoms with Gasteiger partial charge in [-0.1, -0.05) is 30.3 Å². The van der Waals surface area contributed by atoms with Crippen LogP contribution in [-0.4, -0.2) is 44.2 Å². The minimum atomic E-state index is -4.71. The molecule has 2 saturated carbocycles. The molecule has 0 radical (unpaired) electrons. The van der Waals surface area contributed by atoms with Crippen LogP contribution >= 0.6 is 0 Å². The van der Waals surface area contributed by atoms with Gasteiger partial charge in [0.05, 0.1) is 0 Å². The Morgan fingerprint density at radius 2 is 1.68 bits per heavy atom. The third-order valence-corrected chi connectivity index (χ3v) is 7.63. The molecule has 1 heterocycles. The number of halogens is 3. The van der Waals surface area contributed by atoms with Crippen molar-refractivity contribution >= 4 is 27.8 Å². The van der Waals surface area contributed by atoms with Gasteiger partial charge in [0.25, 0.3) is 0 Å². The molecular formula is C24H27F3N4O5S. The predicted molar refractivity (Wildman–Crippen MR) is 127 cm³/mol. The number of rotatable bonds is 11. The van der Waals surface area contributed by atoms with Gasteiger partial charge in [0.2, 0.25) is 15.9 Å². The first-order chi connectivity index (χ1) is 17.5. The number of ether oxygens (including phenoxy) is 1. The number of alkyl halides is 3. The number of amides is 2. The van der Waals surface area contributed by atoms with Crippen molar-refractivity contribution < 1.29 is 35.9 Å². The van der Waals surface area contributed by atoms with E-state index in [1.807, 2.05) is 30.3 Å². The molecule has 4 rings (SSSR count). The third-order valence-electron chi connectivity index (χ3n) is 6.25. The van der Waals surface area contributed by atoms with Gasteiger partial charge in [-0.3, -0.25) is 4.79 Å². The molecule has 3 N–H and O–H groups in total. The smallest absolute Gasteiger partial charge is 0.408 e. The Bertz CT molecular complexity index is 1190. The molecule has 13 heteroatoms. The molecule has 1 atom stereocenters. The molecule has 0 spiro atoms. The van der Waals surface area contributed by atoms with Gasteiger partial charge in [0.15, 0.2) is 0 Å². The third kappa shape index (κ3) is 7.89. The van der Waals surface area contributed by atoms with Crippen LogP contribution in [0.4, 0.5) is 23.8 Å². The molecule has 0 unspecified atom stereocenters. The summed E-state index contributed by atoms with van der Waals surface area (Å²) >= 11 is 0. The van der Waals surface area contributed by atoms with Crippen molar-refractivity contribution in [3.8, 4) is 0 Å². The Morgan fingerprint density at radius 3 is 2.22 bits per heavy atom. The number of anilines is 1. The van der Waals surface area contributed by atoms with E-state index in [0.29, 0.717) is 11.8 Å². The van der Waals surface area contributed by atoms with E-state index < -0.39 is 45.7 Å². The fraction of sp³-hybridized carbons (Fsp3) is 0.458. The number of nitrogens with zero attached hydrogens (tertiary/aromatic N) is 1. The molecule has 200 valence electrons. The van der Waals surface area contributed by atoms with Gasteiger partial charge in [0.1, 0.15) is 29.9 Å². The van der Waals surface area contributed by atoms with E-state index in [1.54, 1.807) is 0 Å². The van der Waals surface area contributed by atoms with Crippen LogP contribution in [0.25, 0.3) is 0 Å². The maximum atomic E-state index is 13.2. The van der Waals surface area contributed by atoms with Gasteiger partial charge < -0.3 is 15.4 Å². The minimum Gasteiger partial charge on any atom is -0.445 e. The quantitative estimate of drug-likeness (QED) is 0.400. The molecular weight excluding hydrogens is 513 g/mol. The summed E-state index contributed by atoms with van der Waals surface area (Å²) in [7, 11) is -4.44. The van der Waals surface area contributed by atoms with Crippen LogP contribution in [0, 0.1) is 17.8 Å². The van der Waals surface area contributed by atoms with Crippen molar-refractivity contribution in [3.05, 3.63) is 54.2 Å². The average Bonchev–Trinajstić information content (AvgIpc) is 3.77. The molecule has 0 saturated heterocycles. The first-order valence-corrected chi connectivity index (χ1v) is 13.3. The Kier molecular flexibility index (Phi) is 8.02. The second kappa shape index (κ2) is 11.1. The summed E-state index contributed by atoms with van der Waals surface area (Å²) < 4.78 is 68.0. The molecule has 1 aromatic carbocycles. The largest absolute Gasteiger partial charge is 0.445 e. The van der Waals surface area contributed by atoms with Gasteiger partial charge in [-0.25, -0.2) is 22.9 Å². The summed E-state index contributed by atoms with van der Waals surface area (Å²) in [5.41, 5.74) is 0.795. The van der Waals surface area contributed by atoms with Crippen molar-refractivity contribution in [2.24, 2.45) is 17.8 Å². The summed E-state index contributed by atoms with van der Waals surface area (Å²) in [4.78, 5) is 29.2. The van der Waals surface area contributed by atoms with Gasteiger partial charge >= 0.3 is 12.3 Å². The monoisotopic (exact) mass is 540 g/mol. The van der Waals surface area contributed by atoms with E-state index >= 15 is 0 Å². The number of nitrogens with one attached hydrogen (secondary N) is 3. The van der Waals surface area contributed by atoms with Crippen molar-refractivity contribution in [1.82, 2.24) is 15.0 Å². The van der Waals surface area contributed by atoms with E-state index in [2.05, 4.69) is 15.6 Å². The first kappa shape index (κ1) is 26.9. The van der Waals surface area contributed by atoms with Gasteiger partial charge in [-0.15, -0.1) is 0 Å². The standard InChI is InChI=1S/C24H27F3N4O5S/c25-24(26,27)14-29-37(34,35)18-10-11-19(28-12-18)30-22(32)21(20(16-6-7-16)17-8-9-17)31-23(33)36-13-15-4-2-1-3-5-15/h1-5,10-12,16-17,20-21,29H,6-9,13-14H2,(H,31,33)(H,28,30,32)/t21-/m0/s1. The Morgan fingerprint density at radius 1 is 1.03 bits per heavy atom. The Balaban J connectivity index is 1.42. The molecule has 9 nitrogen and oxygen atoms in total. The number of pyridine rings is 1. The second-order valence-corrected chi connectivity index (χ2v) is 11.0. The summed E-state index contributed by atoms with van der Waals surface area (Å²) in [5.74, 6) is -0.000422. The number of hydrogen-bond donors (Lipinski definition) is 3. The molecule has 2 fully saturated rings. The van der Waals surface area contributed by atoms with Gasteiger partial charge in [0, 0.05) is 6.20 Å². The maximum Gasteiger partial charge on any atom is 0.408 e. The molecule has 0 aliphatic heterocycles. The number of carbonyl (C=O) groups excluding carboxylic acids is 2. The highest BCUT2D eigenvalue weighted by atomic mass is 32.2. The normalized spacial score (nSPS) is 16.8. The van der Waals surface area contributed by atoms with Crippen molar-refractivity contribution in [1.29, 1.82) is 0 Å². The van der Waals surface area contributed by atoms with E-state index in [4.69, 9.17) is 4.74 Å². The topological polar surface area (TPSA) is 126 Å². The number of carbonyl (C=O) groups is 2. The lowest BCUT2D eigenvalue weighted by Gasteiger charge is -2.27. The van der Waals surface area contributed by atoms with E-state index in [9.17, 15) is 31.2 Å². The maximum absolute atomic E-state index is 13.2. The number of sulfonamides is 1. The molecule has 1 aromatic heterocycles. The van der Waals surface area contributed by atoms with Crippen LogP contribution in [0.2, 0.25) is 0 Å². The fourth-order valence-electron chi connectivity index (χ4n) is 4.20. The molecule has 2 amide bonds. The van der Waals surface area contributed by atoms with E-state index in [0.717, 1.165) is 43.5 Å². The van der Waals surface area contributed by atoms with E-state index in [-0.39, 0.29) is 18.3 Å². The highest BCUT2D eigenvalue weighted by Crippen LogP contribution is 2.50. The number of aromatic nitrogens is 1. The van der Waals surface area contributed by atoms with Crippen LogP contribution in [0.15, 0.2) is 53.6 Å². The summed E-state index contributed by atoms with van der Waals surface area (Å²) in [6.07, 6.45) is -0.755. The zero-order chi connectivity index (χ0) is 26.6. The number of hydrogen-bond acceptors (Lipinski definition) is 6. The lowest BCUT2D eigenvalue weighted by atomic mass is 9.89. The lowest BCUT2D eigenvalue weighted by Crippen LogP contribution is -2.50. The fourth-order valence-corrected chi connectivity index (χ4v) is 5.16. The molecule has 2 aliphatic carbocycles. The van der Waals surface area contributed by atoms with Crippen LogP contribution in [0.5, 0.6) is 0 Å². The number of benzene rings is 1. The average molecular weight is 541 g/mol. The Labute approximate surface area is 212 Å². The van der Waals surface area contributed by atoms with Crippen LogP contribution in [0.1, 0.15) is 31.2 Å². The van der Waals surface area contributed by atoms with Crippen LogP contribution < -0.4 is 15.4 Å². The van der Waals surface area contributed by atoms with Gasteiger partial charge in [-0.05, 0) is 61.1 Å². The van der Waals surface area contributed by atoms with Gasteiger partial charge in [-0.2, -0.15) is 13.2 Å². The lowest BCUT2D eigenvalue weighted by molar-refractivity contribution is -0.121. The molecule has 2 aliphatic rings. The zero-order valence-corrected chi connectivity index (χ0v) is 20.5. The highest BCUT2D eigenvalue weighted by Gasteiger charge is 2.48. The van der Waals surface area contributed by atoms with Crippen LogP contribution in [0.3, 0.4) is 0 Å². The molecule has 0 bridgehead atoms. The van der Waals surface area contributed by atoms with Crippen molar-refractivity contribution in [3.63, 3.8) is 0 Å². The molecule has 37 heavy (non-hydrogen) atoms. The molecule has 2 aromatic rings. The summed E-state index contributed by atoms with van der Waals surface area (Å²) in [5, 5.41) is 5.29. The Hall–Kier alpha value is -3.19. The first-order valence-electron chi connectivity index (χ1n) is 11.8. The predicted octanol–water partition coefficient (Wildman–Crippen LogP) is 3.59. The SMILES string of the molecule is O=C(N[C@H](C(=O)Nc1ccc(S(=O)(=O)NCC(F)(F)F)cn1)C(C1CC1)C1CC1)OCc1ccccc1. The van der Waals surface area contributed by atoms with Crippen molar-refractivity contribution in [2.45, 2.75) is 49.4 Å². The zero-order valence-electron chi connectivity index (χ0n) is 19.7. The second-order valence-electron chi connectivity index (χ2n) is 9.24. The summed E-state index contributed by atoms with van der Waals surface area (Å²) in [6.45, 7) is -1.68. The van der Waals surface area contributed by atoms with Crippen molar-refractivity contribution in [2.75, 3.05) is 11.9 Å².